The van der Waals surface area contributed by atoms with Gasteiger partial charge in [-0.05, 0) is 43.2 Å². The molecule has 0 N–H and O–H groups in total. The van der Waals surface area contributed by atoms with Crippen molar-refractivity contribution in [2.45, 2.75) is 13.8 Å². The van der Waals surface area contributed by atoms with Gasteiger partial charge in [0, 0.05) is 5.56 Å². The second-order valence-electron chi connectivity index (χ2n) is 6.60. The standard InChI is InChI=1S/C24H19NOS/c1-16-12-13-17(2)19(14-16)15-20(23(26)18-8-4-3-5-9-18)24-25-21-10-6-7-11-22(21)27-24/h3-15H,1-2H3/b20-15-. The lowest BCUT2D eigenvalue weighted by Gasteiger charge is -2.07. The van der Waals surface area contributed by atoms with Crippen molar-refractivity contribution >= 4 is 39.0 Å². The smallest absolute Gasteiger partial charge is 0.196 e. The summed E-state index contributed by atoms with van der Waals surface area (Å²) in [5.74, 6) is -0.00411. The second kappa shape index (κ2) is 7.29. The first-order valence-corrected chi connectivity index (χ1v) is 9.68. The fraction of sp³-hybridized carbons (Fsp3) is 0.0833. The van der Waals surface area contributed by atoms with E-state index < -0.39 is 0 Å². The molecule has 0 bridgehead atoms. The van der Waals surface area contributed by atoms with Gasteiger partial charge in [0.15, 0.2) is 5.78 Å². The maximum atomic E-state index is 13.3. The van der Waals surface area contributed by atoms with Crippen molar-refractivity contribution in [1.82, 2.24) is 4.98 Å². The molecule has 1 aromatic heterocycles. The van der Waals surface area contributed by atoms with E-state index in [1.54, 1.807) is 11.3 Å². The highest BCUT2D eigenvalue weighted by Gasteiger charge is 2.18. The van der Waals surface area contributed by atoms with E-state index in [0.717, 1.165) is 26.4 Å². The van der Waals surface area contributed by atoms with Crippen molar-refractivity contribution in [3.8, 4) is 0 Å². The minimum atomic E-state index is -0.00411. The van der Waals surface area contributed by atoms with Gasteiger partial charge in [-0.15, -0.1) is 11.3 Å². The second-order valence-corrected chi connectivity index (χ2v) is 7.63. The molecule has 0 saturated carbocycles. The molecule has 0 saturated heterocycles. The summed E-state index contributed by atoms with van der Waals surface area (Å²) in [6, 6.07) is 23.7. The molecule has 4 rings (SSSR count). The van der Waals surface area contributed by atoms with E-state index in [2.05, 4.69) is 32.0 Å². The molecule has 0 aliphatic rings. The molecule has 0 amide bonds. The fourth-order valence-corrected chi connectivity index (χ4v) is 4.01. The van der Waals surface area contributed by atoms with Crippen LogP contribution in [0.15, 0.2) is 72.8 Å². The average molecular weight is 369 g/mol. The average Bonchev–Trinajstić information content (AvgIpc) is 3.12. The van der Waals surface area contributed by atoms with E-state index in [9.17, 15) is 4.79 Å². The first-order valence-electron chi connectivity index (χ1n) is 8.86. The SMILES string of the molecule is Cc1ccc(C)c(/C=C(/C(=O)c2ccccc2)c2nc3ccccc3s2)c1. The largest absolute Gasteiger partial charge is 0.288 e. The van der Waals surface area contributed by atoms with Crippen molar-refractivity contribution in [2.24, 2.45) is 0 Å². The van der Waals surface area contributed by atoms with E-state index in [1.807, 2.05) is 60.7 Å². The van der Waals surface area contributed by atoms with Crippen LogP contribution in [0.1, 0.15) is 32.1 Å². The molecule has 0 spiro atoms. The zero-order valence-corrected chi connectivity index (χ0v) is 16.1. The summed E-state index contributed by atoms with van der Waals surface area (Å²) in [7, 11) is 0. The van der Waals surface area contributed by atoms with Crippen LogP contribution < -0.4 is 0 Å². The molecule has 1 heterocycles. The molecular weight excluding hydrogens is 350 g/mol. The summed E-state index contributed by atoms with van der Waals surface area (Å²) in [5, 5.41) is 0.756. The Hall–Kier alpha value is -3.04. The Morgan fingerprint density at radius 3 is 2.44 bits per heavy atom. The van der Waals surface area contributed by atoms with Crippen LogP contribution >= 0.6 is 11.3 Å². The van der Waals surface area contributed by atoms with Crippen LogP contribution in [-0.2, 0) is 0 Å². The maximum absolute atomic E-state index is 13.3. The third kappa shape index (κ3) is 3.60. The van der Waals surface area contributed by atoms with Crippen LogP contribution in [0, 0.1) is 13.8 Å². The molecule has 0 fully saturated rings. The van der Waals surface area contributed by atoms with Crippen molar-refractivity contribution in [1.29, 1.82) is 0 Å². The van der Waals surface area contributed by atoms with Gasteiger partial charge in [-0.25, -0.2) is 4.98 Å². The number of fused-ring (bicyclic) bond motifs is 1. The van der Waals surface area contributed by atoms with Gasteiger partial charge in [0.25, 0.3) is 0 Å². The quantitative estimate of drug-likeness (QED) is 0.310. The summed E-state index contributed by atoms with van der Waals surface area (Å²) in [6.07, 6.45) is 1.98. The lowest BCUT2D eigenvalue weighted by atomic mass is 9.98. The fourth-order valence-electron chi connectivity index (χ4n) is 3.03. The topological polar surface area (TPSA) is 30.0 Å². The zero-order valence-electron chi connectivity index (χ0n) is 15.3. The normalized spacial score (nSPS) is 11.7. The highest BCUT2D eigenvalue weighted by molar-refractivity contribution is 7.20. The minimum Gasteiger partial charge on any atom is -0.288 e. The van der Waals surface area contributed by atoms with Gasteiger partial charge in [0.05, 0.1) is 15.8 Å². The third-order valence-electron chi connectivity index (χ3n) is 4.54. The molecule has 2 nitrogen and oxygen atoms in total. The Morgan fingerprint density at radius 1 is 0.926 bits per heavy atom. The number of para-hydroxylation sites is 1. The van der Waals surface area contributed by atoms with Gasteiger partial charge in [0.1, 0.15) is 5.01 Å². The summed E-state index contributed by atoms with van der Waals surface area (Å²) >= 11 is 1.56. The molecular formula is C24H19NOS. The number of aryl methyl sites for hydroxylation is 2. The van der Waals surface area contributed by atoms with Gasteiger partial charge in [-0.2, -0.15) is 0 Å². The van der Waals surface area contributed by atoms with Crippen LogP contribution in [0.4, 0.5) is 0 Å². The number of rotatable bonds is 4. The molecule has 0 aliphatic heterocycles. The number of allylic oxidation sites excluding steroid dienone is 1. The first-order chi connectivity index (χ1) is 13.1. The van der Waals surface area contributed by atoms with Crippen LogP contribution in [0.25, 0.3) is 21.9 Å². The summed E-state index contributed by atoms with van der Waals surface area (Å²) in [6.45, 7) is 4.13. The Balaban J connectivity index is 1.90. The van der Waals surface area contributed by atoms with E-state index in [4.69, 9.17) is 4.98 Å². The highest BCUT2D eigenvalue weighted by atomic mass is 32.1. The van der Waals surface area contributed by atoms with E-state index in [-0.39, 0.29) is 5.78 Å². The molecule has 0 radical (unpaired) electrons. The Morgan fingerprint density at radius 2 is 1.67 bits per heavy atom. The number of thiazole rings is 1. The lowest BCUT2D eigenvalue weighted by molar-refractivity contribution is 0.105. The zero-order chi connectivity index (χ0) is 18.8. The molecule has 27 heavy (non-hydrogen) atoms. The molecule has 3 heteroatoms. The van der Waals surface area contributed by atoms with Crippen molar-refractivity contribution in [3.63, 3.8) is 0 Å². The minimum absolute atomic E-state index is 0.00411. The maximum Gasteiger partial charge on any atom is 0.196 e. The number of aromatic nitrogens is 1. The van der Waals surface area contributed by atoms with Crippen molar-refractivity contribution in [2.75, 3.05) is 0 Å². The Bertz CT molecular complexity index is 1120. The van der Waals surface area contributed by atoms with Gasteiger partial charge >= 0.3 is 0 Å². The number of ketones is 1. The number of Topliss-reactive ketones (excluding diaryl/α,β-unsaturated/α-hetero) is 1. The molecule has 3 aromatic carbocycles. The van der Waals surface area contributed by atoms with Gasteiger partial charge < -0.3 is 0 Å². The number of carbonyl (C=O) groups is 1. The molecule has 132 valence electrons. The number of hydrogen-bond acceptors (Lipinski definition) is 3. The molecule has 0 aliphatic carbocycles. The molecule has 4 aromatic rings. The number of nitrogens with zero attached hydrogens (tertiary/aromatic N) is 1. The van der Waals surface area contributed by atoms with Crippen LogP contribution in [0.3, 0.4) is 0 Å². The van der Waals surface area contributed by atoms with E-state index in [1.165, 1.54) is 5.56 Å². The third-order valence-corrected chi connectivity index (χ3v) is 5.61. The number of hydrogen-bond donors (Lipinski definition) is 0. The van der Waals surface area contributed by atoms with E-state index >= 15 is 0 Å². The van der Waals surface area contributed by atoms with Crippen molar-refractivity contribution < 1.29 is 4.79 Å². The van der Waals surface area contributed by atoms with Gasteiger partial charge in [-0.3, -0.25) is 4.79 Å². The Labute approximate surface area is 162 Å². The van der Waals surface area contributed by atoms with Crippen LogP contribution in [-0.4, -0.2) is 10.8 Å². The highest BCUT2D eigenvalue weighted by Crippen LogP contribution is 2.31. The first kappa shape index (κ1) is 17.4. The predicted molar refractivity (Wildman–Crippen MR) is 114 cm³/mol. The van der Waals surface area contributed by atoms with Crippen LogP contribution in [0.2, 0.25) is 0 Å². The molecule has 0 unspecified atom stereocenters. The van der Waals surface area contributed by atoms with Crippen LogP contribution in [0.5, 0.6) is 0 Å². The number of benzene rings is 3. The lowest BCUT2D eigenvalue weighted by Crippen LogP contribution is -2.03. The monoisotopic (exact) mass is 369 g/mol. The van der Waals surface area contributed by atoms with E-state index in [0.29, 0.717) is 11.1 Å². The summed E-state index contributed by atoms with van der Waals surface area (Å²) in [5.41, 5.74) is 5.59. The predicted octanol–water partition coefficient (Wildman–Crippen LogP) is 6.34. The molecule has 0 atom stereocenters. The van der Waals surface area contributed by atoms with Gasteiger partial charge in [0.2, 0.25) is 0 Å². The summed E-state index contributed by atoms with van der Waals surface area (Å²) in [4.78, 5) is 18.1. The van der Waals surface area contributed by atoms with Crippen molar-refractivity contribution in [3.05, 3.63) is 100 Å². The summed E-state index contributed by atoms with van der Waals surface area (Å²) < 4.78 is 1.08. The Kier molecular flexibility index (Phi) is 4.69. The van der Waals surface area contributed by atoms with Gasteiger partial charge in [-0.1, -0.05) is 66.2 Å². The number of carbonyl (C=O) groups excluding carboxylic acids is 1.